The Hall–Kier alpha value is -1.71. The van der Waals surface area contributed by atoms with E-state index in [2.05, 4.69) is 0 Å². The van der Waals surface area contributed by atoms with Crippen LogP contribution in [0.3, 0.4) is 0 Å². The summed E-state index contributed by atoms with van der Waals surface area (Å²) in [5.74, 6) is -0.493. The molecule has 0 aliphatic heterocycles. The maximum absolute atomic E-state index is 10.9. The Balaban J connectivity index is 3.62. The molecule has 5 N–H and O–H groups in total. The molecule has 0 aliphatic rings. The van der Waals surface area contributed by atoms with E-state index in [-0.39, 0.29) is 11.4 Å². The third kappa shape index (κ3) is 1.24. The summed E-state index contributed by atoms with van der Waals surface area (Å²) in [5.41, 5.74) is 9.89. The third-order valence-corrected chi connectivity index (χ3v) is 1.30. The van der Waals surface area contributed by atoms with Crippen LogP contribution in [0.15, 0.2) is 23.0 Å². The van der Waals surface area contributed by atoms with E-state index in [1.54, 1.807) is 0 Å². The summed E-state index contributed by atoms with van der Waals surface area (Å²) in [7, 11) is 0. The van der Waals surface area contributed by atoms with E-state index in [4.69, 9.17) is 16.6 Å². The molecule has 0 saturated carbocycles. The van der Waals surface area contributed by atoms with Gasteiger partial charge in [0.2, 0.25) is 5.43 Å². The van der Waals surface area contributed by atoms with E-state index in [0.717, 1.165) is 0 Å². The standard InChI is InChI=1S/C7H8N2O2/c8-4-2-1-3-5(9)7(11)6(4)10/h1-3H,(H5,8,9,10,11). The summed E-state index contributed by atoms with van der Waals surface area (Å²) in [6, 6.07) is 4.30. The molecule has 11 heavy (non-hydrogen) atoms. The summed E-state index contributed by atoms with van der Waals surface area (Å²) >= 11 is 0. The van der Waals surface area contributed by atoms with Crippen molar-refractivity contribution in [1.29, 1.82) is 0 Å². The molecular weight excluding hydrogens is 144 g/mol. The first kappa shape index (κ1) is 7.40. The highest BCUT2D eigenvalue weighted by Crippen LogP contribution is 2.12. The van der Waals surface area contributed by atoms with Crippen molar-refractivity contribution in [2.24, 2.45) is 0 Å². The predicted octanol–water partition coefficient (Wildman–Crippen LogP) is -0.0832. The van der Waals surface area contributed by atoms with E-state index in [9.17, 15) is 4.79 Å². The van der Waals surface area contributed by atoms with Crippen molar-refractivity contribution >= 4 is 11.4 Å². The number of aromatic hydroxyl groups is 1. The molecule has 1 aromatic rings. The van der Waals surface area contributed by atoms with Gasteiger partial charge in [-0.05, 0) is 12.1 Å². The SMILES string of the molecule is Nc1cccc(N)c(=O)c1O. The van der Waals surface area contributed by atoms with Crippen molar-refractivity contribution in [2.45, 2.75) is 0 Å². The van der Waals surface area contributed by atoms with Crippen LogP contribution in [-0.2, 0) is 0 Å². The van der Waals surface area contributed by atoms with Crippen LogP contribution in [0, 0.1) is 0 Å². The van der Waals surface area contributed by atoms with Crippen molar-refractivity contribution in [2.75, 3.05) is 11.5 Å². The largest absolute Gasteiger partial charge is 0.503 e. The zero-order valence-corrected chi connectivity index (χ0v) is 5.74. The summed E-state index contributed by atoms with van der Waals surface area (Å²) in [5, 5.41) is 9.03. The first-order valence-electron chi connectivity index (χ1n) is 3.00. The van der Waals surface area contributed by atoms with Crippen molar-refractivity contribution in [3.63, 3.8) is 0 Å². The second-order valence-electron chi connectivity index (χ2n) is 2.11. The van der Waals surface area contributed by atoms with E-state index >= 15 is 0 Å². The molecule has 0 saturated heterocycles. The first-order valence-corrected chi connectivity index (χ1v) is 3.00. The molecule has 0 aromatic heterocycles. The number of nitrogens with two attached hydrogens (primary N) is 2. The van der Waals surface area contributed by atoms with Crippen LogP contribution in [0.2, 0.25) is 0 Å². The highest BCUT2D eigenvalue weighted by molar-refractivity contribution is 5.55. The molecule has 0 atom stereocenters. The van der Waals surface area contributed by atoms with Crippen LogP contribution in [0.25, 0.3) is 0 Å². The van der Waals surface area contributed by atoms with Crippen molar-refractivity contribution < 1.29 is 5.11 Å². The van der Waals surface area contributed by atoms with Gasteiger partial charge >= 0.3 is 0 Å². The average molecular weight is 152 g/mol. The fourth-order valence-corrected chi connectivity index (χ4v) is 0.678. The predicted molar refractivity (Wildman–Crippen MR) is 43.2 cm³/mol. The fourth-order valence-electron chi connectivity index (χ4n) is 0.678. The van der Waals surface area contributed by atoms with Gasteiger partial charge in [-0.15, -0.1) is 0 Å². The molecule has 0 aliphatic carbocycles. The lowest BCUT2D eigenvalue weighted by molar-refractivity contribution is 0.474. The molecule has 1 rings (SSSR count). The molecule has 1 aromatic carbocycles. The number of hydrogen-bond donors (Lipinski definition) is 3. The Morgan fingerprint density at radius 3 is 2.36 bits per heavy atom. The van der Waals surface area contributed by atoms with E-state index in [1.807, 2.05) is 0 Å². The van der Waals surface area contributed by atoms with Gasteiger partial charge in [-0.2, -0.15) is 0 Å². The summed E-state index contributed by atoms with van der Waals surface area (Å²) in [6.45, 7) is 0. The van der Waals surface area contributed by atoms with Gasteiger partial charge in [-0.25, -0.2) is 0 Å². The Morgan fingerprint density at radius 2 is 1.73 bits per heavy atom. The zero-order valence-electron chi connectivity index (χ0n) is 5.74. The Kier molecular flexibility index (Phi) is 1.68. The van der Waals surface area contributed by atoms with Gasteiger partial charge in [-0.1, -0.05) is 6.07 Å². The minimum atomic E-state index is -0.632. The molecule has 0 fully saturated rings. The van der Waals surface area contributed by atoms with Crippen LogP contribution >= 0.6 is 0 Å². The number of hydrogen-bond acceptors (Lipinski definition) is 4. The number of anilines is 2. The van der Waals surface area contributed by atoms with Crippen LogP contribution in [0.5, 0.6) is 5.75 Å². The summed E-state index contributed by atoms with van der Waals surface area (Å²) < 4.78 is 0. The molecule has 0 heterocycles. The third-order valence-electron chi connectivity index (χ3n) is 1.30. The van der Waals surface area contributed by atoms with Crippen LogP contribution in [0.4, 0.5) is 11.4 Å². The molecule has 0 radical (unpaired) electrons. The molecule has 0 spiro atoms. The quantitative estimate of drug-likeness (QED) is 0.485. The van der Waals surface area contributed by atoms with Gasteiger partial charge in [0.15, 0.2) is 5.75 Å². The monoisotopic (exact) mass is 152 g/mol. The second kappa shape index (κ2) is 2.49. The topological polar surface area (TPSA) is 89.3 Å². The molecule has 58 valence electrons. The second-order valence-corrected chi connectivity index (χ2v) is 2.11. The molecular formula is C7H8N2O2. The summed E-state index contributed by atoms with van der Waals surface area (Å²) in [4.78, 5) is 10.9. The smallest absolute Gasteiger partial charge is 0.245 e. The number of nitrogen functional groups attached to an aromatic ring is 2. The lowest BCUT2D eigenvalue weighted by Gasteiger charge is -1.88. The van der Waals surface area contributed by atoms with Crippen LogP contribution in [-0.4, -0.2) is 5.11 Å². The molecule has 0 bridgehead atoms. The van der Waals surface area contributed by atoms with Crippen LogP contribution < -0.4 is 16.9 Å². The van der Waals surface area contributed by atoms with Crippen molar-refractivity contribution in [3.05, 3.63) is 28.4 Å². The van der Waals surface area contributed by atoms with Gasteiger partial charge < -0.3 is 16.6 Å². The van der Waals surface area contributed by atoms with E-state index in [0.29, 0.717) is 0 Å². The van der Waals surface area contributed by atoms with Crippen molar-refractivity contribution in [1.82, 2.24) is 0 Å². The zero-order chi connectivity index (χ0) is 8.43. The van der Waals surface area contributed by atoms with E-state index in [1.165, 1.54) is 18.2 Å². The number of rotatable bonds is 0. The average Bonchev–Trinajstić information content (AvgIpc) is 2.07. The Morgan fingerprint density at radius 1 is 1.18 bits per heavy atom. The highest BCUT2D eigenvalue weighted by atomic mass is 16.3. The maximum atomic E-state index is 10.9. The molecule has 4 heteroatoms. The van der Waals surface area contributed by atoms with Crippen molar-refractivity contribution in [3.8, 4) is 5.75 Å². The minimum Gasteiger partial charge on any atom is -0.503 e. The van der Waals surface area contributed by atoms with Gasteiger partial charge in [-0.3, -0.25) is 4.79 Å². The fraction of sp³-hybridized carbons (Fsp3) is 0. The van der Waals surface area contributed by atoms with Gasteiger partial charge in [0.1, 0.15) is 0 Å². The van der Waals surface area contributed by atoms with Gasteiger partial charge in [0, 0.05) is 0 Å². The van der Waals surface area contributed by atoms with E-state index < -0.39 is 11.2 Å². The normalized spacial score (nSPS) is 9.45. The Labute approximate surface area is 63.1 Å². The Bertz CT molecular complexity index is 336. The minimum absolute atomic E-state index is 0.0146. The first-order chi connectivity index (χ1) is 5.13. The van der Waals surface area contributed by atoms with Crippen LogP contribution in [0.1, 0.15) is 0 Å². The highest BCUT2D eigenvalue weighted by Gasteiger charge is 2.00. The molecule has 4 nitrogen and oxygen atoms in total. The summed E-state index contributed by atoms with van der Waals surface area (Å²) in [6.07, 6.45) is 0. The lowest BCUT2D eigenvalue weighted by atomic mass is 10.4. The molecule has 0 amide bonds. The molecule has 0 unspecified atom stereocenters. The van der Waals surface area contributed by atoms with Gasteiger partial charge in [0.25, 0.3) is 0 Å². The lowest BCUT2D eigenvalue weighted by Crippen LogP contribution is -2.04. The van der Waals surface area contributed by atoms with Gasteiger partial charge in [0.05, 0.1) is 11.4 Å². The maximum Gasteiger partial charge on any atom is 0.245 e.